The van der Waals surface area contributed by atoms with Gasteiger partial charge in [0.1, 0.15) is 24.1 Å². The van der Waals surface area contributed by atoms with Crippen LogP contribution < -0.4 is 11.5 Å². The van der Waals surface area contributed by atoms with Crippen LogP contribution in [0.3, 0.4) is 0 Å². The van der Waals surface area contributed by atoms with E-state index in [0.29, 0.717) is 0 Å². The number of ether oxygens (including phenoxy) is 1. The maximum Gasteiger partial charge on any atom is 0.469 e. The molecule has 1 aliphatic heterocycles. The van der Waals surface area contributed by atoms with Crippen molar-refractivity contribution >= 4 is 19.5 Å². The third-order valence-electron chi connectivity index (χ3n) is 3.08. The molecule has 1 saturated heterocycles. The van der Waals surface area contributed by atoms with Gasteiger partial charge < -0.3 is 36.2 Å². The number of phosphoric acid groups is 1. The lowest BCUT2D eigenvalue weighted by atomic mass is 10.1. The van der Waals surface area contributed by atoms with Crippen molar-refractivity contribution in [1.82, 2.24) is 9.55 Å². The van der Waals surface area contributed by atoms with Gasteiger partial charge in [-0.3, -0.25) is 13.9 Å². The van der Waals surface area contributed by atoms with Crippen LogP contribution in [0.2, 0.25) is 0 Å². The Bertz CT molecular complexity index is 615. The van der Waals surface area contributed by atoms with E-state index in [1.807, 2.05) is 0 Å². The standard InChI is InChI=1S/C9H15N4O8P/c10-7-4(8(11)16)12-2-13(7)9-6(15)5(14)3(21-9)1-20-22(17,18)19/h2-3,5-6,9,14-15H,1,10H2,(H2,11,16)(H2,17,18,19)/t3-,5-,6+,9+/m0/s1. The van der Waals surface area contributed by atoms with E-state index in [2.05, 4.69) is 9.51 Å². The molecular weight excluding hydrogens is 323 g/mol. The SMILES string of the molecule is NC(=O)c1ncn([C@@H]2O[C@@H](COP(=O)(O)O)[C@H](O)[C@H]2O)c1N. The highest BCUT2D eigenvalue weighted by Crippen LogP contribution is 2.38. The van der Waals surface area contributed by atoms with Gasteiger partial charge in [-0.15, -0.1) is 0 Å². The molecule has 0 radical (unpaired) electrons. The molecular formula is C9H15N4O8P. The summed E-state index contributed by atoms with van der Waals surface area (Å²) in [5.41, 5.74) is 10.5. The molecule has 1 fully saturated rings. The van der Waals surface area contributed by atoms with Crippen LogP contribution in [0.5, 0.6) is 0 Å². The van der Waals surface area contributed by atoms with Crippen molar-refractivity contribution in [2.75, 3.05) is 12.3 Å². The van der Waals surface area contributed by atoms with E-state index >= 15 is 0 Å². The Kier molecular flexibility index (Phi) is 4.54. The predicted molar refractivity (Wildman–Crippen MR) is 69.1 cm³/mol. The monoisotopic (exact) mass is 338 g/mol. The molecule has 0 aliphatic carbocycles. The fourth-order valence-electron chi connectivity index (χ4n) is 2.03. The van der Waals surface area contributed by atoms with Crippen LogP contribution in [-0.2, 0) is 13.8 Å². The summed E-state index contributed by atoms with van der Waals surface area (Å²) >= 11 is 0. The molecule has 0 aromatic carbocycles. The maximum atomic E-state index is 11.1. The van der Waals surface area contributed by atoms with Crippen molar-refractivity contribution in [3.8, 4) is 0 Å². The zero-order valence-corrected chi connectivity index (χ0v) is 11.9. The van der Waals surface area contributed by atoms with E-state index in [1.165, 1.54) is 0 Å². The highest BCUT2D eigenvalue weighted by Gasteiger charge is 2.45. The molecule has 0 unspecified atom stereocenters. The second-order valence-electron chi connectivity index (χ2n) is 4.58. The first-order chi connectivity index (χ1) is 10.1. The third-order valence-corrected chi connectivity index (χ3v) is 3.57. The normalized spacial score (nSPS) is 28.9. The van der Waals surface area contributed by atoms with E-state index in [9.17, 15) is 19.6 Å². The second-order valence-corrected chi connectivity index (χ2v) is 5.82. The minimum atomic E-state index is -4.75. The molecule has 0 saturated carbocycles. The first-order valence-electron chi connectivity index (χ1n) is 5.95. The van der Waals surface area contributed by atoms with Crippen molar-refractivity contribution < 1.29 is 38.6 Å². The molecule has 8 N–H and O–H groups in total. The van der Waals surface area contributed by atoms with Crippen molar-refractivity contribution in [2.24, 2.45) is 5.73 Å². The summed E-state index contributed by atoms with van der Waals surface area (Å²) in [6, 6.07) is 0. The number of aliphatic hydroxyl groups excluding tert-OH is 2. The molecule has 22 heavy (non-hydrogen) atoms. The number of anilines is 1. The van der Waals surface area contributed by atoms with Gasteiger partial charge in [0.25, 0.3) is 5.91 Å². The van der Waals surface area contributed by atoms with Crippen molar-refractivity contribution in [1.29, 1.82) is 0 Å². The fraction of sp³-hybridized carbons (Fsp3) is 0.556. The van der Waals surface area contributed by atoms with Crippen molar-refractivity contribution in [2.45, 2.75) is 24.5 Å². The number of primary amides is 1. The van der Waals surface area contributed by atoms with Crippen LogP contribution in [0.4, 0.5) is 5.82 Å². The largest absolute Gasteiger partial charge is 0.469 e. The smallest absolute Gasteiger partial charge is 0.387 e. The molecule has 2 heterocycles. The van der Waals surface area contributed by atoms with Gasteiger partial charge in [0, 0.05) is 0 Å². The lowest BCUT2D eigenvalue weighted by Crippen LogP contribution is -2.33. The number of phosphoric ester groups is 1. The Morgan fingerprint density at radius 3 is 2.59 bits per heavy atom. The zero-order chi connectivity index (χ0) is 16.7. The molecule has 1 aromatic heterocycles. The molecule has 4 atom stereocenters. The minimum absolute atomic E-state index is 0.180. The number of hydrogen-bond donors (Lipinski definition) is 6. The van der Waals surface area contributed by atoms with E-state index in [0.717, 1.165) is 10.9 Å². The van der Waals surface area contributed by atoms with Crippen molar-refractivity contribution in [3.05, 3.63) is 12.0 Å². The first-order valence-corrected chi connectivity index (χ1v) is 7.48. The molecule has 1 amide bonds. The van der Waals surface area contributed by atoms with Crippen LogP contribution in [0, 0.1) is 0 Å². The highest BCUT2D eigenvalue weighted by molar-refractivity contribution is 7.46. The number of nitrogens with two attached hydrogens (primary N) is 2. The Morgan fingerprint density at radius 2 is 2.09 bits per heavy atom. The van der Waals surface area contributed by atoms with Crippen LogP contribution in [0.15, 0.2) is 6.33 Å². The van der Waals surface area contributed by atoms with Crippen LogP contribution >= 0.6 is 7.82 Å². The minimum Gasteiger partial charge on any atom is -0.387 e. The number of nitrogen functional groups attached to an aromatic ring is 1. The highest BCUT2D eigenvalue weighted by atomic mass is 31.2. The van der Waals surface area contributed by atoms with Gasteiger partial charge in [-0.1, -0.05) is 0 Å². The number of carbonyl (C=O) groups excluding carboxylic acids is 1. The lowest BCUT2D eigenvalue weighted by molar-refractivity contribution is -0.0510. The van der Waals surface area contributed by atoms with Gasteiger partial charge in [0.15, 0.2) is 11.9 Å². The summed E-state index contributed by atoms with van der Waals surface area (Å²) in [7, 11) is -4.75. The maximum absolute atomic E-state index is 11.1. The third kappa shape index (κ3) is 3.28. The molecule has 1 aliphatic rings. The number of imidazole rings is 1. The van der Waals surface area contributed by atoms with Crippen molar-refractivity contribution in [3.63, 3.8) is 0 Å². The van der Waals surface area contributed by atoms with Crippen LogP contribution in [0.1, 0.15) is 16.7 Å². The van der Waals surface area contributed by atoms with Gasteiger partial charge >= 0.3 is 7.82 Å². The number of rotatable bonds is 5. The molecule has 12 nitrogen and oxygen atoms in total. The van der Waals surface area contributed by atoms with E-state index in [4.69, 9.17) is 26.0 Å². The number of carbonyl (C=O) groups is 1. The molecule has 1 aromatic rings. The summed E-state index contributed by atoms with van der Waals surface area (Å²) in [4.78, 5) is 32.0. The Morgan fingerprint density at radius 1 is 1.45 bits per heavy atom. The summed E-state index contributed by atoms with van der Waals surface area (Å²) < 4.78 is 21.2. The fourth-order valence-corrected chi connectivity index (χ4v) is 2.37. The molecule has 0 spiro atoms. The topological polar surface area (TPSA) is 203 Å². The molecule has 2 rings (SSSR count). The average Bonchev–Trinajstić information content (AvgIpc) is 2.90. The number of hydrogen-bond acceptors (Lipinski definition) is 8. The van der Waals surface area contributed by atoms with Gasteiger partial charge in [-0.25, -0.2) is 9.55 Å². The number of nitrogens with zero attached hydrogens (tertiary/aromatic N) is 2. The number of amides is 1. The first kappa shape index (κ1) is 16.8. The average molecular weight is 338 g/mol. The van der Waals surface area contributed by atoms with Gasteiger partial charge in [0.05, 0.1) is 12.9 Å². The quantitative estimate of drug-likeness (QED) is 0.306. The molecule has 13 heteroatoms. The summed E-state index contributed by atoms with van der Waals surface area (Å²) in [5, 5.41) is 19.8. The molecule has 0 bridgehead atoms. The molecule has 124 valence electrons. The summed E-state index contributed by atoms with van der Waals surface area (Å²) in [6.07, 6.45) is -4.33. The predicted octanol–water partition coefficient (Wildman–Crippen LogP) is -2.71. The Balaban J connectivity index is 2.16. The summed E-state index contributed by atoms with van der Waals surface area (Å²) in [6.45, 7) is -0.656. The van der Waals surface area contributed by atoms with Crippen LogP contribution in [-0.4, -0.2) is 60.4 Å². The number of aromatic nitrogens is 2. The lowest BCUT2D eigenvalue weighted by Gasteiger charge is -2.17. The second kappa shape index (κ2) is 5.93. The van der Waals surface area contributed by atoms with Gasteiger partial charge in [-0.05, 0) is 0 Å². The van der Waals surface area contributed by atoms with E-state index < -0.39 is 44.9 Å². The Labute approximate surface area is 123 Å². The van der Waals surface area contributed by atoms with Gasteiger partial charge in [-0.2, -0.15) is 0 Å². The van der Waals surface area contributed by atoms with E-state index in [1.54, 1.807) is 0 Å². The number of aliphatic hydroxyl groups is 2. The van der Waals surface area contributed by atoms with Gasteiger partial charge in [0.2, 0.25) is 0 Å². The zero-order valence-electron chi connectivity index (χ0n) is 11.0. The van der Waals surface area contributed by atoms with Crippen LogP contribution in [0.25, 0.3) is 0 Å². The van der Waals surface area contributed by atoms with E-state index in [-0.39, 0.29) is 11.5 Å². The Hall–Kier alpha value is -1.53. The summed E-state index contributed by atoms with van der Waals surface area (Å²) in [5.74, 6) is -1.06.